The minimum absolute atomic E-state index is 0.260. The van der Waals surface area contributed by atoms with Gasteiger partial charge in [0.1, 0.15) is 0 Å². The fourth-order valence-corrected chi connectivity index (χ4v) is 1.63. The van der Waals surface area contributed by atoms with E-state index in [2.05, 4.69) is 25.3 Å². The summed E-state index contributed by atoms with van der Waals surface area (Å²) in [6, 6.07) is 7.44. The Morgan fingerprint density at radius 1 is 1.46 bits per heavy atom. The summed E-state index contributed by atoms with van der Waals surface area (Å²) in [6.07, 6.45) is 0. The van der Waals surface area contributed by atoms with E-state index < -0.39 is 0 Å². The molecule has 0 aliphatic rings. The Bertz CT molecular complexity index is 314. The molecule has 0 bridgehead atoms. The summed E-state index contributed by atoms with van der Waals surface area (Å²) < 4.78 is 0. The molecule has 0 aromatic heterocycles. The van der Waals surface area contributed by atoms with E-state index in [0.29, 0.717) is 6.54 Å². The van der Waals surface area contributed by atoms with Gasteiger partial charge in [0.25, 0.3) is 5.24 Å². The molecule has 0 radical (unpaired) electrons. The topological polar surface area (TPSA) is 20.3 Å². The molecule has 0 saturated heterocycles. The molecule has 0 N–H and O–H groups in total. The Kier molecular flexibility index (Phi) is 3.69. The summed E-state index contributed by atoms with van der Waals surface area (Å²) in [5.41, 5.74) is 0.799. The summed E-state index contributed by atoms with van der Waals surface area (Å²) in [6.45, 7) is 2.49. The molecule has 1 amide bonds. The van der Waals surface area contributed by atoms with Gasteiger partial charge in [0.2, 0.25) is 0 Å². The molecule has 0 atom stereocenters. The Labute approximate surface area is 88.8 Å². The monoisotopic (exact) mass is 213 g/mol. The van der Waals surface area contributed by atoms with Crippen molar-refractivity contribution >= 4 is 36.2 Å². The van der Waals surface area contributed by atoms with E-state index in [1.165, 1.54) is 0 Å². The van der Waals surface area contributed by atoms with E-state index in [4.69, 9.17) is 0 Å². The van der Waals surface area contributed by atoms with Gasteiger partial charge in [0.05, 0.1) is 5.69 Å². The highest BCUT2D eigenvalue weighted by molar-refractivity contribution is 7.96. The van der Waals surface area contributed by atoms with Gasteiger partial charge >= 0.3 is 0 Å². The maximum absolute atomic E-state index is 11.1. The molecule has 0 saturated carbocycles. The van der Waals surface area contributed by atoms with Gasteiger partial charge in [-0.25, -0.2) is 0 Å². The van der Waals surface area contributed by atoms with Crippen molar-refractivity contribution in [2.45, 2.75) is 11.8 Å². The smallest absolute Gasteiger partial charge is 0.283 e. The molecule has 13 heavy (non-hydrogen) atoms. The first-order valence-electron chi connectivity index (χ1n) is 3.95. The van der Waals surface area contributed by atoms with Crippen LogP contribution in [-0.4, -0.2) is 11.8 Å². The van der Waals surface area contributed by atoms with Crippen molar-refractivity contribution < 1.29 is 4.79 Å². The first-order chi connectivity index (χ1) is 6.16. The van der Waals surface area contributed by atoms with Crippen molar-refractivity contribution in [2.75, 3.05) is 11.4 Å². The van der Waals surface area contributed by atoms with Gasteiger partial charge < -0.3 is 4.90 Å². The van der Waals surface area contributed by atoms with Crippen molar-refractivity contribution in [1.29, 1.82) is 0 Å². The minimum Gasteiger partial charge on any atom is -0.303 e. The molecule has 0 heterocycles. The number of anilines is 1. The number of benzene rings is 1. The highest BCUT2D eigenvalue weighted by atomic mass is 32.1. The zero-order valence-corrected chi connectivity index (χ0v) is 9.06. The van der Waals surface area contributed by atoms with Crippen LogP contribution in [0.1, 0.15) is 6.92 Å². The van der Waals surface area contributed by atoms with Gasteiger partial charge in [-0.1, -0.05) is 24.8 Å². The van der Waals surface area contributed by atoms with Crippen LogP contribution in [0, 0.1) is 0 Å². The average Bonchev–Trinajstić information content (AvgIpc) is 2.09. The van der Waals surface area contributed by atoms with Crippen LogP contribution in [0.15, 0.2) is 29.2 Å². The number of nitrogens with zero attached hydrogens (tertiary/aromatic N) is 1. The molecule has 70 valence electrons. The van der Waals surface area contributed by atoms with Gasteiger partial charge in [-0.15, -0.1) is 12.6 Å². The number of carbonyl (C=O) groups excluding carboxylic acids is 1. The Morgan fingerprint density at radius 2 is 2.08 bits per heavy atom. The van der Waals surface area contributed by atoms with Crippen LogP contribution in [-0.2, 0) is 0 Å². The number of hydrogen-bond acceptors (Lipinski definition) is 2. The van der Waals surface area contributed by atoms with Crippen molar-refractivity contribution in [1.82, 2.24) is 0 Å². The fraction of sp³-hybridized carbons (Fsp3) is 0.222. The normalized spacial score (nSPS) is 9.77. The second-order valence-electron chi connectivity index (χ2n) is 2.52. The van der Waals surface area contributed by atoms with E-state index in [1.807, 2.05) is 31.2 Å². The van der Waals surface area contributed by atoms with Crippen LogP contribution in [0.2, 0.25) is 0 Å². The third-order valence-electron chi connectivity index (χ3n) is 1.72. The van der Waals surface area contributed by atoms with E-state index in [0.717, 1.165) is 10.6 Å². The molecule has 4 heteroatoms. The summed E-state index contributed by atoms with van der Waals surface area (Å²) in [7, 11) is 0. The first kappa shape index (κ1) is 10.5. The fourth-order valence-electron chi connectivity index (χ4n) is 1.10. The molecule has 0 spiro atoms. The van der Waals surface area contributed by atoms with Crippen LogP contribution in [0.5, 0.6) is 0 Å². The van der Waals surface area contributed by atoms with Crippen molar-refractivity contribution in [3.8, 4) is 0 Å². The van der Waals surface area contributed by atoms with Crippen LogP contribution >= 0.6 is 25.3 Å². The van der Waals surface area contributed by atoms with E-state index in [-0.39, 0.29) is 5.24 Å². The highest BCUT2D eigenvalue weighted by Crippen LogP contribution is 2.24. The van der Waals surface area contributed by atoms with Crippen molar-refractivity contribution in [2.24, 2.45) is 0 Å². The maximum atomic E-state index is 11.1. The predicted octanol–water partition coefficient (Wildman–Crippen LogP) is 2.85. The zero-order chi connectivity index (χ0) is 9.84. The van der Waals surface area contributed by atoms with Gasteiger partial charge in [-0.3, -0.25) is 4.79 Å². The number of para-hydroxylation sites is 1. The van der Waals surface area contributed by atoms with Crippen LogP contribution in [0.4, 0.5) is 10.5 Å². The van der Waals surface area contributed by atoms with Crippen LogP contribution < -0.4 is 4.90 Å². The van der Waals surface area contributed by atoms with E-state index in [9.17, 15) is 4.79 Å². The van der Waals surface area contributed by atoms with Crippen molar-refractivity contribution in [3.05, 3.63) is 24.3 Å². The third-order valence-corrected chi connectivity index (χ3v) is 2.34. The summed E-state index contributed by atoms with van der Waals surface area (Å²) in [5, 5.41) is -0.260. The Morgan fingerprint density at radius 3 is 2.54 bits per heavy atom. The minimum atomic E-state index is -0.260. The molecule has 0 aliphatic heterocycles. The lowest BCUT2D eigenvalue weighted by atomic mass is 10.3. The van der Waals surface area contributed by atoms with Crippen LogP contribution in [0.3, 0.4) is 0 Å². The number of amides is 1. The quantitative estimate of drug-likeness (QED) is 0.724. The molecule has 1 aromatic rings. The Balaban J connectivity index is 3.04. The zero-order valence-electron chi connectivity index (χ0n) is 7.27. The Hall–Kier alpha value is -0.610. The van der Waals surface area contributed by atoms with Gasteiger partial charge in [-0.05, 0) is 19.1 Å². The molecule has 1 aromatic carbocycles. The third kappa shape index (κ3) is 2.42. The maximum Gasteiger partial charge on any atom is 0.283 e. The van der Waals surface area contributed by atoms with E-state index in [1.54, 1.807) is 4.90 Å². The second-order valence-corrected chi connectivity index (χ2v) is 3.38. The second kappa shape index (κ2) is 4.58. The van der Waals surface area contributed by atoms with Crippen molar-refractivity contribution in [3.63, 3.8) is 0 Å². The summed E-state index contributed by atoms with van der Waals surface area (Å²) in [5.74, 6) is 0. The molecule has 0 fully saturated rings. The van der Waals surface area contributed by atoms with Gasteiger partial charge in [0.15, 0.2) is 0 Å². The predicted molar refractivity (Wildman–Crippen MR) is 61.1 cm³/mol. The van der Waals surface area contributed by atoms with Gasteiger partial charge in [-0.2, -0.15) is 0 Å². The lowest BCUT2D eigenvalue weighted by Gasteiger charge is -2.19. The highest BCUT2D eigenvalue weighted by Gasteiger charge is 2.11. The number of thiol groups is 2. The van der Waals surface area contributed by atoms with Crippen LogP contribution in [0.25, 0.3) is 0 Å². The van der Waals surface area contributed by atoms with Gasteiger partial charge in [0, 0.05) is 11.4 Å². The molecule has 2 nitrogen and oxygen atoms in total. The molecular formula is C9H11NOS2. The number of rotatable bonds is 2. The number of hydrogen-bond donors (Lipinski definition) is 2. The first-order valence-corrected chi connectivity index (χ1v) is 4.84. The molecule has 0 unspecified atom stereocenters. The van der Waals surface area contributed by atoms with E-state index >= 15 is 0 Å². The summed E-state index contributed by atoms with van der Waals surface area (Å²) >= 11 is 8.04. The summed E-state index contributed by atoms with van der Waals surface area (Å²) in [4.78, 5) is 13.4. The lowest BCUT2D eigenvalue weighted by molar-refractivity contribution is 0.265. The lowest BCUT2D eigenvalue weighted by Crippen LogP contribution is -2.25. The molecular weight excluding hydrogens is 202 g/mol. The SMILES string of the molecule is CCN(C(=O)S)c1ccccc1S. The average molecular weight is 213 g/mol. The number of carbonyl (C=O) groups is 1. The standard InChI is InChI=1S/C9H11NOS2/c1-2-10(9(11)13)7-5-3-4-6-8(7)12/h3-6,12H,2H2,1H3,(H,11,13). The molecule has 0 aliphatic carbocycles. The molecule has 1 rings (SSSR count). The largest absolute Gasteiger partial charge is 0.303 e.